The Kier molecular flexibility index (Phi) is 7.45. The van der Waals surface area contributed by atoms with Crippen LogP contribution in [0.2, 0.25) is 0 Å². The molecule has 148 valence electrons. The molecule has 0 spiro atoms. The molecule has 5 nitrogen and oxygen atoms in total. The fraction of sp³-hybridized carbons (Fsp3) is 0.286. The molecule has 0 heterocycles. The number of Topliss-reactive ketones (excluding diaryl/α,β-unsaturated/α-hetero) is 1. The quantitative estimate of drug-likeness (QED) is 0.360. The second-order valence-electron chi connectivity index (χ2n) is 6.26. The molecule has 2 atom stereocenters. The number of halogens is 2. The van der Waals surface area contributed by atoms with Crippen molar-refractivity contribution in [3.63, 3.8) is 0 Å². The minimum atomic E-state index is -1.32. The summed E-state index contributed by atoms with van der Waals surface area (Å²) >= 11 is 3.34. The van der Waals surface area contributed by atoms with E-state index in [1.165, 1.54) is 38.5 Å². The maximum atomic E-state index is 13.2. The first-order chi connectivity index (χ1) is 13.3. The van der Waals surface area contributed by atoms with E-state index in [9.17, 15) is 18.8 Å². The summed E-state index contributed by atoms with van der Waals surface area (Å²) in [6.07, 6.45) is 0. The van der Waals surface area contributed by atoms with Gasteiger partial charge in [-0.1, -0.05) is 35.0 Å². The number of hydrogen-bond donors (Lipinski definition) is 0. The Labute approximate surface area is 171 Å². The highest BCUT2D eigenvalue weighted by Gasteiger charge is 2.43. The van der Waals surface area contributed by atoms with E-state index >= 15 is 0 Å². The first kappa shape index (κ1) is 21.8. The number of carbonyl (C=O) groups excluding carboxylic acids is 3. The Balaban J connectivity index is 2.53. The third kappa shape index (κ3) is 4.84. The van der Waals surface area contributed by atoms with Crippen LogP contribution in [0, 0.1) is 17.7 Å². The molecule has 0 bridgehead atoms. The van der Waals surface area contributed by atoms with Crippen LogP contribution in [0.3, 0.4) is 0 Å². The van der Waals surface area contributed by atoms with Crippen LogP contribution in [0.15, 0.2) is 53.0 Å². The smallest absolute Gasteiger partial charge is 0.320 e. The minimum Gasteiger partial charge on any atom is -0.468 e. The van der Waals surface area contributed by atoms with Gasteiger partial charge in [0.1, 0.15) is 5.82 Å². The summed E-state index contributed by atoms with van der Waals surface area (Å²) < 4.78 is 23.6. The molecule has 2 rings (SSSR count). The largest absolute Gasteiger partial charge is 0.468 e. The first-order valence-corrected chi connectivity index (χ1v) is 9.30. The van der Waals surface area contributed by atoms with Crippen molar-refractivity contribution in [2.24, 2.45) is 11.8 Å². The van der Waals surface area contributed by atoms with E-state index < -0.39 is 35.5 Å². The highest BCUT2D eigenvalue weighted by Crippen LogP contribution is 2.36. The Hall–Kier alpha value is -2.54. The highest BCUT2D eigenvalue weighted by molar-refractivity contribution is 9.10. The second-order valence-corrected chi connectivity index (χ2v) is 7.18. The molecule has 0 aromatic heterocycles. The summed E-state index contributed by atoms with van der Waals surface area (Å²) in [6.45, 7) is 1.62. The van der Waals surface area contributed by atoms with Gasteiger partial charge in [0.2, 0.25) is 0 Å². The van der Waals surface area contributed by atoms with Gasteiger partial charge in [0.05, 0.1) is 14.2 Å². The first-order valence-electron chi connectivity index (χ1n) is 8.51. The zero-order valence-electron chi connectivity index (χ0n) is 15.6. The Bertz CT molecular complexity index is 832. The lowest BCUT2D eigenvalue weighted by atomic mass is 9.74. The summed E-state index contributed by atoms with van der Waals surface area (Å²) in [5.74, 6) is -5.31. The number of rotatable bonds is 7. The van der Waals surface area contributed by atoms with Gasteiger partial charge >= 0.3 is 11.9 Å². The molecule has 0 fully saturated rings. The third-order valence-electron chi connectivity index (χ3n) is 4.61. The van der Waals surface area contributed by atoms with Crippen molar-refractivity contribution in [1.29, 1.82) is 0 Å². The molecule has 28 heavy (non-hydrogen) atoms. The van der Waals surface area contributed by atoms with E-state index in [2.05, 4.69) is 15.9 Å². The van der Waals surface area contributed by atoms with Crippen LogP contribution < -0.4 is 0 Å². The SMILES string of the molecule is COC(=O)C(C(=O)OC)[C@@H](c1ccc(Br)cc1)[C@@H](C)C(=O)c1ccc(F)cc1. The van der Waals surface area contributed by atoms with Crippen molar-refractivity contribution in [3.05, 3.63) is 69.9 Å². The maximum absolute atomic E-state index is 13.2. The Morgan fingerprint density at radius 3 is 1.86 bits per heavy atom. The van der Waals surface area contributed by atoms with Crippen LogP contribution in [0.4, 0.5) is 4.39 Å². The normalized spacial score (nSPS) is 12.9. The lowest BCUT2D eigenvalue weighted by Gasteiger charge is -2.28. The van der Waals surface area contributed by atoms with E-state index in [1.54, 1.807) is 31.2 Å². The van der Waals surface area contributed by atoms with Gasteiger partial charge in [0.15, 0.2) is 11.7 Å². The van der Waals surface area contributed by atoms with Crippen molar-refractivity contribution in [1.82, 2.24) is 0 Å². The van der Waals surface area contributed by atoms with E-state index in [0.29, 0.717) is 5.56 Å². The van der Waals surface area contributed by atoms with E-state index in [-0.39, 0.29) is 11.3 Å². The van der Waals surface area contributed by atoms with Crippen molar-refractivity contribution in [2.75, 3.05) is 14.2 Å². The van der Waals surface area contributed by atoms with Gasteiger partial charge in [-0.3, -0.25) is 14.4 Å². The molecule has 0 aliphatic rings. The van der Waals surface area contributed by atoms with Crippen LogP contribution in [0.25, 0.3) is 0 Å². The van der Waals surface area contributed by atoms with Crippen molar-refractivity contribution in [2.45, 2.75) is 12.8 Å². The monoisotopic (exact) mass is 450 g/mol. The average Bonchev–Trinajstić information content (AvgIpc) is 2.71. The highest BCUT2D eigenvalue weighted by atomic mass is 79.9. The van der Waals surface area contributed by atoms with Crippen molar-refractivity contribution in [3.8, 4) is 0 Å². The van der Waals surface area contributed by atoms with Gasteiger partial charge in [0, 0.05) is 21.9 Å². The van der Waals surface area contributed by atoms with Crippen LogP contribution >= 0.6 is 15.9 Å². The summed E-state index contributed by atoms with van der Waals surface area (Å²) in [5, 5.41) is 0. The Morgan fingerprint density at radius 1 is 0.893 bits per heavy atom. The lowest BCUT2D eigenvalue weighted by molar-refractivity contribution is -0.160. The lowest BCUT2D eigenvalue weighted by Crippen LogP contribution is -2.37. The molecule has 7 heteroatoms. The summed E-state index contributed by atoms with van der Waals surface area (Å²) in [7, 11) is 2.34. The molecule has 0 amide bonds. The van der Waals surface area contributed by atoms with E-state index in [4.69, 9.17) is 9.47 Å². The molecule has 0 unspecified atom stereocenters. The molecule has 0 aliphatic carbocycles. The van der Waals surface area contributed by atoms with Gasteiger partial charge < -0.3 is 9.47 Å². The van der Waals surface area contributed by atoms with Crippen LogP contribution in [0.1, 0.15) is 28.8 Å². The zero-order valence-corrected chi connectivity index (χ0v) is 17.2. The van der Waals surface area contributed by atoms with Crippen LogP contribution in [-0.4, -0.2) is 31.9 Å². The minimum absolute atomic E-state index is 0.282. The topological polar surface area (TPSA) is 69.7 Å². The van der Waals surface area contributed by atoms with Crippen LogP contribution in [-0.2, 0) is 19.1 Å². The fourth-order valence-electron chi connectivity index (χ4n) is 3.14. The molecular weight excluding hydrogens is 431 g/mol. The Morgan fingerprint density at radius 2 is 1.39 bits per heavy atom. The van der Waals surface area contributed by atoms with Gasteiger partial charge in [-0.05, 0) is 42.0 Å². The zero-order chi connectivity index (χ0) is 20.8. The molecule has 0 radical (unpaired) electrons. The van der Waals surface area contributed by atoms with Gasteiger partial charge in [-0.15, -0.1) is 0 Å². The number of ketones is 1. The van der Waals surface area contributed by atoms with Gasteiger partial charge in [-0.2, -0.15) is 0 Å². The molecule has 2 aromatic rings. The average molecular weight is 451 g/mol. The number of esters is 2. The number of carbonyl (C=O) groups is 3. The third-order valence-corrected chi connectivity index (χ3v) is 5.13. The maximum Gasteiger partial charge on any atom is 0.320 e. The van der Waals surface area contributed by atoms with E-state index in [1.807, 2.05) is 0 Å². The summed E-state index contributed by atoms with van der Waals surface area (Å²) in [4.78, 5) is 37.8. The van der Waals surface area contributed by atoms with Gasteiger partial charge in [0.25, 0.3) is 0 Å². The molecule has 0 saturated heterocycles. The molecule has 0 N–H and O–H groups in total. The van der Waals surface area contributed by atoms with Gasteiger partial charge in [-0.25, -0.2) is 4.39 Å². The standard InChI is InChI=1S/C21H20BrFO5/c1-12(19(24)14-6-10-16(23)11-7-14)17(13-4-8-15(22)9-5-13)18(20(25)27-2)21(26)28-3/h4-12,17-18H,1-3H3/t12-,17-/m1/s1. The molecule has 2 aromatic carbocycles. The number of hydrogen-bond acceptors (Lipinski definition) is 5. The summed E-state index contributed by atoms with van der Waals surface area (Å²) in [6, 6.07) is 12.1. The molecule has 0 saturated carbocycles. The van der Waals surface area contributed by atoms with Crippen molar-refractivity contribution < 1.29 is 28.2 Å². The number of ether oxygens (including phenoxy) is 2. The summed E-state index contributed by atoms with van der Waals surface area (Å²) in [5.41, 5.74) is 0.886. The molecular formula is C21H20BrFO5. The predicted molar refractivity (Wildman–Crippen MR) is 104 cm³/mol. The number of methoxy groups -OCH3 is 2. The van der Waals surface area contributed by atoms with Crippen molar-refractivity contribution >= 4 is 33.7 Å². The predicted octanol–water partition coefficient (Wildman–Crippen LogP) is 4.15. The molecule has 0 aliphatic heterocycles. The number of benzene rings is 2. The second kappa shape index (κ2) is 9.59. The van der Waals surface area contributed by atoms with E-state index in [0.717, 1.165) is 4.47 Å². The fourth-order valence-corrected chi connectivity index (χ4v) is 3.40. The van der Waals surface area contributed by atoms with Crippen LogP contribution in [0.5, 0.6) is 0 Å².